The molecule has 114 valence electrons. The summed E-state index contributed by atoms with van der Waals surface area (Å²) < 4.78 is 19.4. The Bertz CT molecular complexity index is 735. The van der Waals surface area contributed by atoms with Crippen molar-refractivity contribution in [3.63, 3.8) is 0 Å². The highest BCUT2D eigenvalue weighted by Gasteiger charge is 2.23. The zero-order valence-corrected chi connectivity index (χ0v) is 13.0. The zero-order chi connectivity index (χ0) is 16.3. The molecule has 0 aliphatic carbocycles. The van der Waals surface area contributed by atoms with Crippen molar-refractivity contribution in [1.29, 1.82) is 0 Å². The molecule has 0 radical (unpaired) electrons. The molecule has 0 aliphatic heterocycles. The number of hydrogen-bond acceptors (Lipinski definition) is 4. The van der Waals surface area contributed by atoms with E-state index in [1.165, 1.54) is 37.3 Å². The van der Waals surface area contributed by atoms with Crippen molar-refractivity contribution in [1.82, 2.24) is 0 Å². The maximum absolute atomic E-state index is 13.7. The molecule has 0 fully saturated rings. The predicted octanol–water partition coefficient (Wildman–Crippen LogP) is 4.41. The molecule has 1 atom stereocenters. The first-order valence-electron chi connectivity index (χ1n) is 6.29. The van der Waals surface area contributed by atoms with Crippen LogP contribution in [0, 0.1) is 15.9 Å². The number of nitrogens with zero attached hydrogens (tertiary/aromatic N) is 1. The summed E-state index contributed by atoms with van der Waals surface area (Å²) in [6.07, 6.45) is -0.878. The minimum absolute atomic E-state index is 0.154. The first kappa shape index (κ1) is 16.1. The third kappa shape index (κ3) is 3.48. The summed E-state index contributed by atoms with van der Waals surface area (Å²) in [6, 6.07) is 9.88. The largest absolute Gasteiger partial charge is 0.454 e. The van der Waals surface area contributed by atoms with Crippen LogP contribution < -0.4 is 0 Å². The van der Waals surface area contributed by atoms with Crippen LogP contribution in [0.5, 0.6) is 0 Å². The number of carbonyl (C=O) groups is 1. The van der Waals surface area contributed by atoms with E-state index in [0.29, 0.717) is 4.47 Å². The highest BCUT2D eigenvalue weighted by atomic mass is 79.9. The Kier molecular flexibility index (Phi) is 4.87. The Morgan fingerprint density at radius 3 is 2.64 bits per heavy atom. The second-order valence-electron chi connectivity index (χ2n) is 4.49. The normalized spacial score (nSPS) is 11.8. The summed E-state index contributed by atoms with van der Waals surface area (Å²) in [5.74, 6) is -1.61. The summed E-state index contributed by atoms with van der Waals surface area (Å²) in [5.41, 5.74) is -0.133. The van der Waals surface area contributed by atoms with Gasteiger partial charge < -0.3 is 4.74 Å². The Balaban J connectivity index is 2.23. The van der Waals surface area contributed by atoms with E-state index in [2.05, 4.69) is 15.9 Å². The Hall–Kier alpha value is -2.28. The number of para-hydroxylation sites is 1. The van der Waals surface area contributed by atoms with E-state index in [1.807, 2.05) is 0 Å². The number of esters is 1. The van der Waals surface area contributed by atoms with Gasteiger partial charge in [0.15, 0.2) is 0 Å². The molecular weight excluding hydrogens is 357 g/mol. The quantitative estimate of drug-likeness (QED) is 0.455. The molecule has 2 aromatic rings. The van der Waals surface area contributed by atoms with Gasteiger partial charge in [-0.05, 0) is 31.2 Å². The molecule has 0 aliphatic rings. The number of rotatable bonds is 4. The van der Waals surface area contributed by atoms with Crippen LogP contribution in [-0.2, 0) is 4.74 Å². The molecule has 1 unspecified atom stereocenters. The molecule has 0 amide bonds. The zero-order valence-electron chi connectivity index (χ0n) is 11.5. The lowest BCUT2D eigenvalue weighted by Gasteiger charge is -2.14. The number of benzene rings is 2. The predicted molar refractivity (Wildman–Crippen MR) is 81.0 cm³/mol. The van der Waals surface area contributed by atoms with Crippen LogP contribution in [0.1, 0.15) is 28.9 Å². The molecule has 5 nitrogen and oxygen atoms in total. The van der Waals surface area contributed by atoms with E-state index in [9.17, 15) is 19.3 Å². The third-order valence-corrected chi connectivity index (χ3v) is 3.50. The van der Waals surface area contributed by atoms with Crippen LogP contribution in [0.3, 0.4) is 0 Å². The topological polar surface area (TPSA) is 69.4 Å². The van der Waals surface area contributed by atoms with E-state index >= 15 is 0 Å². The molecule has 0 saturated carbocycles. The number of halogens is 2. The van der Waals surface area contributed by atoms with Crippen LogP contribution in [0.15, 0.2) is 46.9 Å². The lowest BCUT2D eigenvalue weighted by atomic mass is 10.1. The summed E-state index contributed by atoms with van der Waals surface area (Å²) in [4.78, 5) is 22.4. The van der Waals surface area contributed by atoms with Crippen LogP contribution in [-0.4, -0.2) is 10.9 Å². The summed E-state index contributed by atoms with van der Waals surface area (Å²) in [7, 11) is 0. The van der Waals surface area contributed by atoms with E-state index in [4.69, 9.17) is 4.74 Å². The molecular formula is C15H11BrFNO4. The monoisotopic (exact) mass is 367 g/mol. The van der Waals surface area contributed by atoms with Gasteiger partial charge in [0, 0.05) is 10.5 Å². The molecule has 0 bridgehead atoms. The standard InChI is InChI=1S/C15H11BrFNO4/c1-9(11-4-2-3-5-14(11)18(20)21)22-15(19)12-7-6-10(16)8-13(12)17/h2-9H,1H3. The van der Waals surface area contributed by atoms with Gasteiger partial charge in [-0.15, -0.1) is 0 Å². The van der Waals surface area contributed by atoms with Crippen molar-refractivity contribution in [3.8, 4) is 0 Å². The second-order valence-corrected chi connectivity index (χ2v) is 5.40. The van der Waals surface area contributed by atoms with E-state index in [1.54, 1.807) is 6.07 Å². The van der Waals surface area contributed by atoms with Crippen molar-refractivity contribution >= 4 is 27.6 Å². The van der Waals surface area contributed by atoms with E-state index in [0.717, 1.165) is 6.07 Å². The molecule has 0 N–H and O–H groups in total. The number of hydrogen-bond donors (Lipinski definition) is 0. The fraction of sp³-hybridized carbons (Fsp3) is 0.133. The van der Waals surface area contributed by atoms with Crippen molar-refractivity contribution < 1.29 is 18.8 Å². The lowest BCUT2D eigenvalue weighted by Crippen LogP contribution is -2.12. The van der Waals surface area contributed by atoms with Gasteiger partial charge in [0.05, 0.1) is 16.1 Å². The van der Waals surface area contributed by atoms with Gasteiger partial charge >= 0.3 is 5.97 Å². The minimum Gasteiger partial charge on any atom is -0.454 e. The maximum Gasteiger partial charge on any atom is 0.341 e. The molecule has 7 heteroatoms. The van der Waals surface area contributed by atoms with Crippen LogP contribution in [0.25, 0.3) is 0 Å². The van der Waals surface area contributed by atoms with Crippen molar-refractivity contribution in [2.45, 2.75) is 13.0 Å². The first-order valence-corrected chi connectivity index (χ1v) is 7.09. The smallest absolute Gasteiger partial charge is 0.341 e. The van der Waals surface area contributed by atoms with Gasteiger partial charge in [-0.1, -0.05) is 28.1 Å². The second kappa shape index (κ2) is 6.65. The minimum atomic E-state index is -0.879. The van der Waals surface area contributed by atoms with Gasteiger partial charge in [-0.2, -0.15) is 0 Å². The van der Waals surface area contributed by atoms with Crippen molar-refractivity contribution in [3.05, 3.63) is 74.0 Å². The fourth-order valence-corrected chi connectivity index (χ4v) is 2.27. The number of nitro groups is 1. The Labute approximate surface area is 134 Å². The van der Waals surface area contributed by atoms with Gasteiger partial charge in [0.1, 0.15) is 11.9 Å². The van der Waals surface area contributed by atoms with Gasteiger partial charge in [0.2, 0.25) is 0 Å². The maximum atomic E-state index is 13.7. The van der Waals surface area contributed by atoms with Gasteiger partial charge in [-0.25, -0.2) is 9.18 Å². The molecule has 22 heavy (non-hydrogen) atoms. The van der Waals surface area contributed by atoms with Crippen LogP contribution in [0.4, 0.5) is 10.1 Å². The molecule has 0 saturated heterocycles. The summed E-state index contributed by atoms with van der Waals surface area (Å²) >= 11 is 3.09. The third-order valence-electron chi connectivity index (χ3n) is 3.01. The summed E-state index contributed by atoms with van der Waals surface area (Å²) in [6.45, 7) is 1.50. The number of nitro benzene ring substituents is 1. The molecule has 0 aromatic heterocycles. The first-order chi connectivity index (χ1) is 10.4. The average molecular weight is 368 g/mol. The number of ether oxygens (including phenoxy) is 1. The van der Waals surface area contributed by atoms with Gasteiger partial charge in [-0.3, -0.25) is 10.1 Å². The average Bonchev–Trinajstić information content (AvgIpc) is 2.46. The fourth-order valence-electron chi connectivity index (χ4n) is 1.94. The molecule has 0 spiro atoms. The highest BCUT2D eigenvalue weighted by Crippen LogP contribution is 2.28. The van der Waals surface area contributed by atoms with Crippen molar-refractivity contribution in [2.24, 2.45) is 0 Å². The van der Waals surface area contributed by atoms with Gasteiger partial charge in [0.25, 0.3) is 5.69 Å². The van der Waals surface area contributed by atoms with E-state index < -0.39 is 22.8 Å². The molecule has 0 heterocycles. The summed E-state index contributed by atoms with van der Waals surface area (Å²) in [5, 5.41) is 11.0. The molecule has 2 aromatic carbocycles. The van der Waals surface area contributed by atoms with Crippen molar-refractivity contribution in [2.75, 3.05) is 0 Å². The Morgan fingerprint density at radius 1 is 1.32 bits per heavy atom. The SMILES string of the molecule is CC(OC(=O)c1ccc(Br)cc1F)c1ccccc1[N+](=O)[O-]. The lowest BCUT2D eigenvalue weighted by molar-refractivity contribution is -0.386. The number of carbonyl (C=O) groups excluding carboxylic acids is 1. The van der Waals surface area contributed by atoms with Crippen LogP contribution in [0.2, 0.25) is 0 Å². The van der Waals surface area contributed by atoms with E-state index in [-0.39, 0.29) is 16.8 Å². The van der Waals surface area contributed by atoms with Crippen LogP contribution >= 0.6 is 15.9 Å². The molecule has 2 rings (SSSR count). The highest BCUT2D eigenvalue weighted by molar-refractivity contribution is 9.10. The Morgan fingerprint density at radius 2 is 2.00 bits per heavy atom.